The van der Waals surface area contributed by atoms with E-state index in [1.54, 1.807) is 4.90 Å². The average molecular weight is 200 g/mol. The molecule has 0 saturated carbocycles. The van der Waals surface area contributed by atoms with Gasteiger partial charge in [0.1, 0.15) is 6.17 Å². The van der Waals surface area contributed by atoms with Crippen molar-refractivity contribution in [3.63, 3.8) is 0 Å². The number of nitrogens with one attached hydrogen (secondary N) is 1. The Bertz CT molecular complexity index is 209. The molecule has 2 atom stereocenters. The lowest BCUT2D eigenvalue weighted by Crippen LogP contribution is -2.42. The number of nitrogens with zero attached hydrogens (tertiary/aromatic N) is 1. The highest BCUT2D eigenvalue weighted by atomic mass is 19.1. The summed E-state index contributed by atoms with van der Waals surface area (Å²) in [6, 6.07) is 0. The second-order valence-corrected chi connectivity index (χ2v) is 4.21. The Morgan fingerprint density at radius 2 is 2.29 bits per heavy atom. The number of likely N-dealkylation sites (tertiary alicyclic amines) is 1. The van der Waals surface area contributed by atoms with Crippen LogP contribution in [0.25, 0.3) is 0 Å². The van der Waals surface area contributed by atoms with E-state index in [0.717, 1.165) is 25.9 Å². The van der Waals surface area contributed by atoms with Crippen molar-refractivity contribution < 1.29 is 9.18 Å². The summed E-state index contributed by atoms with van der Waals surface area (Å²) in [6.45, 7) is 2.70. The van der Waals surface area contributed by atoms with Gasteiger partial charge in [-0.2, -0.15) is 0 Å². The molecule has 2 aliphatic rings. The molecule has 0 bridgehead atoms. The van der Waals surface area contributed by atoms with Crippen molar-refractivity contribution in [3.8, 4) is 0 Å². The van der Waals surface area contributed by atoms with Gasteiger partial charge in [0.15, 0.2) is 0 Å². The normalized spacial score (nSPS) is 33.4. The molecule has 0 aliphatic carbocycles. The topological polar surface area (TPSA) is 32.3 Å². The van der Waals surface area contributed by atoms with Crippen molar-refractivity contribution in [1.82, 2.24) is 10.2 Å². The highest BCUT2D eigenvalue weighted by molar-refractivity contribution is 5.79. The Morgan fingerprint density at radius 1 is 1.43 bits per heavy atom. The van der Waals surface area contributed by atoms with Crippen LogP contribution < -0.4 is 5.32 Å². The van der Waals surface area contributed by atoms with Crippen LogP contribution in [0.15, 0.2) is 0 Å². The van der Waals surface area contributed by atoms with E-state index in [1.165, 1.54) is 0 Å². The maximum Gasteiger partial charge on any atom is 0.227 e. The van der Waals surface area contributed by atoms with Crippen LogP contribution in [0, 0.1) is 5.92 Å². The first kappa shape index (κ1) is 9.90. The number of halogens is 1. The Labute approximate surface area is 83.6 Å². The second-order valence-electron chi connectivity index (χ2n) is 4.21. The lowest BCUT2D eigenvalue weighted by Gasteiger charge is -2.26. The van der Waals surface area contributed by atoms with Gasteiger partial charge in [-0.05, 0) is 25.8 Å². The lowest BCUT2D eigenvalue weighted by atomic mass is 9.98. The smallest absolute Gasteiger partial charge is 0.227 e. The molecule has 2 heterocycles. The molecular weight excluding hydrogens is 183 g/mol. The van der Waals surface area contributed by atoms with Gasteiger partial charge in [0.05, 0.1) is 12.5 Å². The van der Waals surface area contributed by atoms with Gasteiger partial charge in [-0.3, -0.25) is 4.79 Å². The molecule has 1 amide bonds. The molecule has 2 fully saturated rings. The summed E-state index contributed by atoms with van der Waals surface area (Å²) >= 11 is 0. The minimum atomic E-state index is -0.796. The Balaban J connectivity index is 1.87. The van der Waals surface area contributed by atoms with Crippen LogP contribution in [0.2, 0.25) is 0 Å². The van der Waals surface area contributed by atoms with Crippen LogP contribution in [-0.2, 0) is 4.79 Å². The molecule has 1 N–H and O–H groups in total. The number of rotatable bonds is 1. The predicted octanol–water partition coefficient (Wildman–Crippen LogP) is 0.556. The van der Waals surface area contributed by atoms with E-state index >= 15 is 0 Å². The fourth-order valence-corrected chi connectivity index (χ4v) is 2.24. The minimum Gasteiger partial charge on any atom is -0.339 e. The van der Waals surface area contributed by atoms with Crippen LogP contribution in [0.4, 0.5) is 4.39 Å². The molecule has 0 aromatic rings. The van der Waals surface area contributed by atoms with E-state index in [9.17, 15) is 9.18 Å². The second kappa shape index (κ2) is 4.26. The summed E-state index contributed by atoms with van der Waals surface area (Å²) in [6.07, 6.45) is 1.74. The quantitative estimate of drug-likeness (QED) is 0.670. The zero-order valence-electron chi connectivity index (χ0n) is 8.34. The van der Waals surface area contributed by atoms with E-state index < -0.39 is 6.17 Å². The molecule has 14 heavy (non-hydrogen) atoms. The number of carbonyl (C=O) groups is 1. The van der Waals surface area contributed by atoms with Gasteiger partial charge >= 0.3 is 0 Å². The van der Waals surface area contributed by atoms with Crippen LogP contribution in [0.5, 0.6) is 0 Å². The molecule has 0 radical (unpaired) electrons. The van der Waals surface area contributed by atoms with E-state index in [-0.39, 0.29) is 11.8 Å². The van der Waals surface area contributed by atoms with Crippen LogP contribution in [0.3, 0.4) is 0 Å². The summed E-state index contributed by atoms with van der Waals surface area (Å²) in [5.41, 5.74) is 0. The van der Waals surface area contributed by atoms with Crippen LogP contribution in [-0.4, -0.2) is 43.2 Å². The van der Waals surface area contributed by atoms with Gasteiger partial charge in [-0.1, -0.05) is 0 Å². The molecule has 0 aromatic heterocycles. The number of alkyl halides is 1. The van der Waals surface area contributed by atoms with E-state index in [1.807, 2.05) is 0 Å². The van der Waals surface area contributed by atoms with E-state index in [2.05, 4.69) is 5.32 Å². The molecule has 4 heteroatoms. The number of carbonyl (C=O) groups excluding carboxylic acids is 1. The first-order chi connectivity index (χ1) is 6.77. The molecule has 2 saturated heterocycles. The van der Waals surface area contributed by atoms with E-state index in [0.29, 0.717) is 19.5 Å². The van der Waals surface area contributed by atoms with Gasteiger partial charge < -0.3 is 10.2 Å². The Hall–Kier alpha value is -0.640. The van der Waals surface area contributed by atoms with Gasteiger partial charge in [0.2, 0.25) is 5.91 Å². The standard InChI is InChI=1S/C10H17FN2O/c11-9-3-5-13(7-9)10(14)8-2-1-4-12-6-8/h8-9,12H,1-7H2/t8-,9?/m1/s1. The number of piperidine rings is 1. The largest absolute Gasteiger partial charge is 0.339 e. The summed E-state index contributed by atoms with van der Waals surface area (Å²) in [5, 5.41) is 3.21. The van der Waals surface area contributed by atoms with Crippen LogP contribution in [0.1, 0.15) is 19.3 Å². The third-order valence-electron chi connectivity index (χ3n) is 3.09. The highest BCUT2D eigenvalue weighted by Gasteiger charge is 2.31. The number of amides is 1. The average Bonchev–Trinajstić information content (AvgIpc) is 2.65. The van der Waals surface area contributed by atoms with Gasteiger partial charge in [0, 0.05) is 13.1 Å². The summed E-state index contributed by atoms with van der Waals surface area (Å²) in [5.74, 6) is 0.242. The molecule has 80 valence electrons. The zero-order valence-corrected chi connectivity index (χ0v) is 8.34. The Kier molecular flexibility index (Phi) is 3.01. The zero-order chi connectivity index (χ0) is 9.97. The van der Waals surface area contributed by atoms with Crippen molar-refractivity contribution >= 4 is 5.91 Å². The minimum absolute atomic E-state index is 0.0917. The third kappa shape index (κ3) is 2.05. The van der Waals surface area contributed by atoms with Gasteiger partial charge in [-0.15, -0.1) is 0 Å². The molecule has 0 aromatic carbocycles. The monoisotopic (exact) mass is 200 g/mol. The Morgan fingerprint density at radius 3 is 2.86 bits per heavy atom. The third-order valence-corrected chi connectivity index (χ3v) is 3.09. The first-order valence-electron chi connectivity index (χ1n) is 5.41. The summed E-state index contributed by atoms with van der Waals surface area (Å²) < 4.78 is 12.9. The molecule has 2 aliphatic heterocycles. The van der Waals surface area contributed by atoms with Gasteiger partial charge in [-0.25, -0.2) is 4.39 Å². The number of hydrogen-bond donors (Lipinski definition) is 1. The van der Waals surface area contributed by atoms with Crippen molar-refractivity contribution in [2.24, 2.45) is 5.92 Å². The summed E-state index contributed by atoms with van der Waals surface area (Å²) in [4.78, 5) is 13.5. The van der Waals surface area contributed by atoms with Gasteiger partial charge in [0.25, 0.3) is 0 Å². The molecule has 1 unspecified atom stereocenters. The number of hydrogen-bond acceptors (Lipinski definition) is 2. The van der Waals surface area contributed by atoms with Crippen molar-refractivity contribution in [1.29, 1.82) is 0 Å². The lowest BCUT2D eigenvalue weighted by molar-refractivity contribution is -0.135. The van der Waals surface area contributed by atoms with Crippen LogP contribution >= 0.6 is 0 Å². The van der Waals surface area contributed by atoms with E-state index in [4.69, 9.17) is 0 Å². The highest BCUT2D eigenvalue weighted by Crippen LogP contribution is 2.18. The van der Waals surface area contributed by atoms with Crippen molar-refractivity contribution in [2.75, 3.05) is 26.2 Å². The maximum absolute atomic E-state index is 12.9. The first-order valence-corrected chi connectivity index (χ1v) is 5.41. The maximum atomic E-state index is 12.9. The fourth-order valence-electron chi connectivity index (χ4n) is 2.24. The molecular formula is C10H17FN2O. The predicted molar refractivity (Wildman–Crippen MR) is 51.7 cm³/mol. The summed E-state index contributed by atoms with van der Waals surface area (Å²) in [7, 11) is 0. The SMILES string of the molecule is O=C([C@@H]1CCCNC1)N1CCC(F)C1. The van der Waals surface area contributed by atoms with Crippen molar-refractivity contribution in [2.45, 2.75) is 25.4 Å². The van der Waals surface area contributed by atoms with Crippen molar-refractivity contribution in [3.05, 3.63) is 0 Å². The molecule has 0 spiro atoms. The molecule has 3 nitrogen and oxygen atoms in total. The molecule has 2 rings (SSSR count). The fraction of sp³-hybridized carbons (Fsp3) is 0.900.